The van der Waals surface area contributed by atoms with E-state index in [0.29, 0.717) is 0 Å². The molecule has 0 radical (unpaired) electrons. The molecule has 3 nitrogen and oxygen atoms in total. The second kappa shape index (κ2) is 5.33. The number of aromatic nitrogens is 2. The highest BCUT2D eigenvalue weighted by Gasteiger charge is 2.32. The lowest BCUT2D eigenvalue weighted by atomic mass is 9.82. The lowest BCUT2D eigenvalue weighted by Gasteiger charge is -2.36. The molecule has 0 atom stereocenters. The van der Waals surface area contributed by atoms with E-state index in [9.17, 15) is 0 Å². The molecule has 17 heavy (non-hydrogen) atoms. The van der Waals surface area contributed by atoms with Gasteiger partial charge in [-0.3, -0.25) is 4.68 Å². The van der Waals surface area contributed by atoms with Gasteiger partial charge in [-0.25, -0.2) is 0 Å². The molecule has 1 aliphatic rings. The highest BCUT2D eigenvalue weighted by Crippen LogP contribution is 2.34. The van der Waals surface area contributed by atoms with Crippen molar-refractivity contribution in [3.05, 3.63) is 15.9 Å². The van der Waals surface area contributed by atoms with Crippen LogP contribution in [0.1, 0.15) is 24.2 Å². The predicted octanol–water partition coefficient (Wildman–Crippen LogP) is 2.99. The first-order chi connectivity index (χ1) is 8.08. The zero-order valence-corrected chi connectivity index (χ0v) is 12.9. The van der Waals surface area contributed by atoms with E-state index < -0.39 is 0 Å². The molecule has 0 aromatic carbocycles. The van der Waals surface area contributed by atoms with Gasteiger partial charge in [-0.05, 0) is 48.4 Å². The molecular weight excluding hydrogens is 300 g/mol. The van der Waals surface area contributed by atoms with E-state index in [1.165, 1.54) is 5.69 Å². The minimum atomic E-state index is 0.240. The summed E-state index contributed by atoms with van der Waals surface area (Å²) in [6.07, 6.45) is 2.15. The van der Waals surface area contributed by atoms with Gasteiger partial charge in [-0.1, -0.05) is 0 Å². The quantitative estimate of drug-likeness (QED) is 0.867. The van der Waals surface area contributed by atoms with Gasteiger partial charge in [0.2, 0.25) is 0 Å². The number of nitrogens with zero attached hydrogens (tertiary/aromatic N) is 2. The van der Waals surface area contributed by atoms with Gasteiger partial charge in [0, 0.05) is 30.9 Å². The first-order valence-corrected chi connectivity index (χ1v) is 7.39. The van der Waals surface area contributed by atoms with Crippen molar-refractivity contribution < 1.29 is 4.74 Å². The highest BCUT2D eigenvalue weighted by atomic mass is 79.9. The fourth-order valence-electron chi connectivity index (χ4n) is 2.32. The van der Waals surface area contributed by atoms with E-state index in [0.717, 1.165) is 48.5 Å². The Bertz CT molecular complexity index is 399. The smallest absolute Gasteiger partial charge is 0.0738 e. The van der Waals surface area contributed by atoms with Crippen LogP contribution < -0.4 is 0 Å². The van der Waals surface area contributed by atoms with Gasteiger partial charge in [0.25, 0.3) is 0 Å². The molecule has 1 aliphatic heterocycles. The van der Waals surface area contributed by atoms with Crippen LogP contribution in [0.4, 0.5) is 0 Å². The van der Waals surface area contributed by atoms with Gasteiger partial charge >= 0.3 is 0 Å². The molecule has 0 unspecified atom stereocenters. The number of aryl methyl sites for hydroxylation is 1. The Balaban J connectivity index is 2.20. The second-order valence-corrected chi connectivity index (χ2v) is 6.02. The summed E-state index contributed by atoms with van der Waals surface area (Å²) in [6.45, 7) is 6.78. The van der Waals surface area contributed by atoms with Gasteiger partial charge in [-0.15, -0.1) is 0 Å². The van der Waals surface area contributed by atoms with Gasteiger partial charge < -0.3 is 4.74 Å². The molecule has 1 aromatic heterocycles. The third kappa shape index (κ3) is 2.71. The molecule has 0 aliphatic carbocycles. The first kappa shape index (κ1) is 13.4. The molecule has 2 rings (SSSR count). The summed E-state index contributed by atoms with van der Waals surface area (Å²) in [5.41, 5.74) is 2.50. The monoisotopic (exact) mass is 318 g/mol. The van der Waals surface area contributed by atoms with Crippen molar-refractivity contribution in [1.82, 2.24) is 9.78 Å². The molecule has 5 heteroatoms. The van der Waals surface area contributed by atoms with Crippen molar-refractivity contribution in [3.8, 4) is 0 Å². The standard InChI is InChI=1S/C12H19BrN2OS/c1-9-11(13)10(2)15(14-9)7-12(8-17)3-5-16-6-4-12/h17H,3-8H2,1-2H3. The SMILES string of the molecule is Cc1nn(CC2(CS)CCOCC2)c(C)c1Br. The van der Waals surface area contributed by atoms with Gasteiger partial charge in [0.1, 0.15) is 0 Å². The van der Waals surface area contributed by atoms with Crippen molar-refractivity contribution in [2.75, 3.05) is 19.0 Å². The van der Waals surface area contributed by atoms with Crippen LogP contribution in [-0.2, 0) is 11.3 Å². The maximum atomic E-state index is 5.45. The Morgan fingerprint density at radius 2 is 2.06 bits per heavy atom. The number of halogens is 1. The molecule has 2 heterocycles. The molecule has 96 valence electrons. The number of hydrogen-bond acceptors (Lipinski definition) is 3. The molecule has 0 bridgehead atoms. The largest absolute Gasteiger partial charge is 0.381 e. The summed E-state index contributed by atoms with van der Waals surface area (Å²) in [4.78, 5) is 0. The van der Waals surface area contributed by atoms with E-state index in [4.69, 9.17) is 4.74 Å². The number of hydrogen-bond donors (Lipinski definition) is 1. The zero-order chi connectivity index (χ0) is 12.5. The minimum absolute atomic E-state index is 0.240. The van der Waals surface area contributed by atoms with Crippen LogP contribution in [0.5, 0.6) is 0 Å². The molecule has 0 spiro atoms. The predicted molar refractivity (Wildman–Crippen MR) is 75.7 cm³/mol. The molecule has 1 aromatic rings. The zero-order valence-electron chi connectivity index (χ0n) is 10.4. The van der Waals surface area contributed by atoms with Gasteiger partial charge in [0.05, 0.1) is 10.2 Å². The average Bonchev–Trinajstić information content (AvgIpc) is 2.58. The van der Waals surface area contributed by atoms with E-state index in [2.05, 4.69) is 45.3 Å². The summed E-state index contributed by atoms with van der Waals surface area (Å²) >= 11 is 8.12. The fourth-order valence-corrected chi connectivity index (χ4v) is 3.02. The molecule has 0 amide bonds. The summed E-state index contributed by atoms with van der Waals surface area (Å²) in [6, 6.07) is 0. The summed E-state index contributed by atoms with van der Waals surface area (Å²) < 4.78 is 8.69. The maximum absolute atomic E-state index is 5.45. The fraction of sp³-hybridized carbons (Fsp3) is 0.750. The lowest BCUT2D eigenvalue weighted by Crippen LogP contribution is -2.36. The lowest BCUT2D eigenvalue weighted by molar-refractivity contribution is 0.0162. The van der Waals surface area contributed by atoms with Crippen LogP contribution in [0, 0.1) is 19.3 Å². The first-order valence-electron chi connectivity index (χ1n) is 5.96. The van der Waals surface area contributed by atoms with E-state index in [1.54, 1.807) is 0 Å². The van der Waals surface area contributed by atoms with Crippen LogP contribution in [0.2, 0.25) is 0 Å². The van der Waals surface area contributed by atoms with Crippen LogP contribution in [0.25, 0.3) is 0 Å². The molecule has 1 fully saturated rings. The topological polar surface area (TPSA) is 27.1 Å². The van der Waals surface area contributed by atoms with Crippen molar-refractivity contribution in [2.45, 2.75) is 33.2 Å². The molecule has 0 saturated carbocycles. The van der Waals surface area contributed by atoms with Gasteiger partial charge in [-0.2, -0.15) is 17.7 Å². The third-order valence-corrected chi connectivity index (χ3v) is 5.49. The Hall–Kier alpha value is -0.000000000000000111. The summed E-state index contributed by atoms with van der Waals surface area (Å²) in [7, 11) is 0. The maximum Gasteiger partial charge on any atom is 0.0738 e. The van der Waals surface area contributed by atoms with E-state index in [-0.39, 0.29) is 5.41 Å². The van der Waals surface area contributed by atoms with Crippen LogP contribution >= 0.6 is 28.6 Å². The summed E-state index contributed by atoms with van der Waals surface area (Å²) in [5, 5.41) is 4.59. The number of rotatable bonds is 3. The van der Waals surface area contributed by atoms with Crippen LogP contribution in [-0.4, -0.2) is 28.7 Å². The number of thiol groups is 1. The number of ether oxygens (including phenoxy) is 1. The van der Waals surface area contributed by atoms with Crippen molar-refractivity contribution >= 4 is 28.6 Å². The molecule has 0 N–H and O–H groups in total. The van der Waals surface area contributed by atoms with Crippen molar-refractivity contribution in [3.63, 3.8) is 0 Å². The van der Waals surface area contributed by atoms with Crippen molar-refractivity contribution in [2.24, 2.45) is 5.41 Å². The van der Waals surface area contributed by atoms with E-state index >= 15 is 0 Å². The average molecular weight is 319 g/mol. The molecular formula is C12H19BrN2OS. The Morgan fingerprint density at radius 3 is 2.53 bits per heavy atom. The molecule has 1 saturated heterocycles. The summed E-state index contributed by atoms with van der Waals surface area (Å²) in [5.74, 6) is 0.895. The Labute approximate surface area is 116 Å². The Morgan fingerprint density at radius 1 is 1.41 bits per heavy atom. The van der Waals surface area contributed by atoms with Crippen molar-refractivity contribution in [1.29, 1.82) is 0 Å². The van der Waals surface area contributed by atoms with Crippen LogP contribution in [0.15, 0.2) is 4.47 Å². The van der Waals surface area contributed by atoms with Crippen LogP contribution in [0.3, 0.4) is 0 Å². The van der Waals surface area contributed by atoms with Gasteiger partial charge in [0.15, 0.2) is 0 Å². The minimum Gasteiger partial charge on any atom is -0.381 e. The third-order valence-electron chi connectivity index (χ3n) is 3.67. The Kier molecular flexibility index (Phi) is 4.21. The second-order valence-electron chi connectivity index (χ2n) is 4.91. The highest BCUT2D eigenvalue weighted by molar-refractivity contribution is 9.10. The van der Waals surface area contributed by atoms with E-state index in [1.807, 2.05) is 6.92 Å². The normalized spacial score (nSPS) is 19.5.